The summed E-state index contributed by atoms with van der Waals surface area (Å²) >= 11 is 0. The second kappa shape index (κ2) is 5.19. The molecule has 4 heteroatoms. The van der Waals surface area contributed by atoms with Gasteiger partial charge in [-0.15, -0.1) is 0 Å². The number of rotatable bonds is 3. The first-order valence-corrected chi connectivity index (χ1v) is 7.13. The van der Waals surface area contributed by atoms with E-state index in [0.29, 0.717) is 12.8 Å². The van der Waals surface area contributed by atoms with Gasteiger partial charge in [0, 0.05) is 13.1 Å². The Balaban J connectivity index is 1.85. The maximum Gasteiger partial charge on any atom is 0.103 e. The molecule has 3 nitrogen and oxygen atoms in total. The molecule has 19 heavy (non-hydrogen) atoms. The minimum Gasteiger partial charge on any atom is -0.370 e. The van der Waals surface area contributed by atoms with Crippen LogP contribution in [-0.2, 0) is 6.42 Å². The molecule has 102 valence electrons. The summed E-state index contributed by atoms with van der Waals surface area (Å²) in [6.07, 6.45) is 6.86. The van der Waals surface area contributed by atoms with Crippen LogP contribution in [-0.4, -0.2) is 28.9 Å². The van der Waals surface area contributed by atoms with Crippen LogP contribution < -0.4 is 4.90 Å². The van der Waals surface area contributed by atoms with Gasteiger partial charge in [-0.2, -0.15) is 5.10 Å². The second-order valence-electron chi connectivity index (χ2n) is 5.30. The van der Waals surface area contributed by atoms with Crippen molar-refractivity contribution in [2.45, 2.75) is 38.8 Å². The van der Waals surface area contributed by atoms with E-state index in [4.69, 9.17) is 0 Å². The van der Waals surface area contributed by atoms with E-state index in [1.165, 1.54) is 11.1 Å². The van der Waals surface area contributed by atoms with Gasteiger partial charge < -0.3 is 4.90 Å². The van der Waals surface area contributed by atoms with Gasteiger partial charge >= 0.3 is 0 Å². The van der Waals surface area contributed by atoms with Crippen LogP contribution in [0.4, 0.5) is 10.1 Å². The molecular formula is C15H20FN3. The lowest BCUT2D eigenvalue weighted by Gasteiger charge is -2.30. The van der Waals surface area contributed by atoms with Crippen molar-refractivity contribution in [2.24, 2.45) is 0 Å². The fourth-order valence-electron chi connectivity index (χ4n) is 2.78. The number of halogens is 1. The molecule has 3 rings (SSSR count). The summed E-state index contributed by atoms with van der Waals surface area (Å²) in [6, 6.07) is 4.27. The first kappa shape index (κ1) is 12.5. The molecule has 0 radical (unpaired) electrons. The molecule has 2 aromatic heterocycles. The molecule has 1 aliphatic heterocycles. The van der Waals surface area contributed by atoms with Crippen LogP contribution in [0.15, 0.2) is 24.5 Å². The largest absolute Gasteiger partial charge is 0.370 e. The number of piperidine rings is 1. The van der Waals surface area contributed by atoms with E-state index in [9.17, 15) is 4.39 Å². The molecule has 0 amide bonds. The van der Waals surface area contributed by atoms with E-state index in [1.807, 2.05) is 10.7 Å². The number of alkyl halides is 1. The lowest BCUT2D eigenvalue weighted by atomic mass is 10.1. The molecule has 0 spiro atoms. The topological polar surface area (TPSA) is 20.5 Å². The third-order valence-electron chi connectivity index (χ3n) is 3.89. The molecule has 0 bridgehead atoms. The normalized spacial score (nSPS) is 17.3. The Kier molecular flexibility index (Phi) is 3.40. The summed E-state index contributed by atoms with van der Waals surface area (Å²) in [5.41, 5.74) is 3.63. The van der Waals surface area contributed by atoms with E-state index in [0.717, 1.165) is 31.6 Å². The Hall–Kier alpha value is -1.58. The van der Waals surface area contributed by atoms with Gasteiger partial charge in [0.1, 0.15) is 6.17 Å². The predicted octanol–water partition coefficient (Wildman–Crippen LogP) is 3.23. The standard InChI is InChI=1S/C15H20FN3/c1-2-3-12-10-17-19-11-14(4-5-15(12)19)18-8-6-13(16)7-9-18/h4-5,10-11,13H,2-3,6-9H2,1H3. The van der Waals surface area contributed by atoms with Gasteiger partial charge in [-0.3, -0.25) is 0 Å². The van der Waals surface area contributed by atoms with Gasteiger partial charge in [-0.25, -0.2) is 8.91 Å². The molecule has 0 N–H and O–H groups in total. The van der Waals surface area contributed by atoms with Crippen molar-refractivity contribution >= 4 is 11.2 Å². The van der Waals surface area contributed by atoms with E-state index in [2.05, 4.69) is 35.3 Å². The quantitative estimate of drug-likeness (QED) is 0.845. The number of fused-ring (bicyclic) bond motifs is 1. The molecule has 0 aromatic carbocycles. The molecular weight excluding hydrogens is 241 g/mol. The summed E-state index contributed by atoms with van der Waals surface area (Å²) in [7, 11) is 0. The fraction of sp³-hybridized carbons (Fsp3) is 0.533. The van der Waals surface area contributed by atoms with Crippen molar-refractivity contribution in [1.29, 1.82) is 0 Å². The second-order valence-corrected chi connectivity index (χ2v) is 5.30. The fourth-order valence-corrected chi connectivity index (χ4v) is 2.78. The number of pyridine rings is 1. The molecule has 3 heterocycles. The van der Waals surface area contributed by atoms with Crippen LogP contribution in [0.5, 0.6) is 0 Å². The zero-order valence-electron chi connectivity index (χ0n) is 11.3. The van der Waals surface area contributed by atoms with Gasteiger partial charge in [0.15, 0.2) is 0 Å². The maximum atomic E-state index is 13.2. The Morgan fingerprint density at radius 1 is 1.32 bits per heavy atom. The van der Waals surface area contributed by atoms with Crippen molar-refractivity contribution < 1.29 is 4.39 Å². The Morgan fingerprint density at radius 2 is 2.11 bits per heavy atom. The van der Waals surface area contributed by atoms with E-state index in [1.54, 1.807) is 0 Å². The molecule has 1 saturated heterocycles. The monoisotopic (exact) mass is 261 g/mol. The molecule has 0 aliphatic carbocycles. The van der Waals surface area contributed by atoms with Crippen molar-refractivity contribution in [3.05, 3.63) is 30.1 Å². The molecule has 0 saturated carbocycles. The SMILES string of the molecule is CCCc1cnn2cc(N3CCC(F)CC3)ccc12. The predicted molar refractivity (Wildman–Crippen MR) is 75.5 cm³/mol. The van der Waals surface area contributed by atoms with Gasteiger partial charge in [0.2, 0.25) is 0 Å². The zero-order valence-corrected chi connectivity index (χ0v) is 11.3. The smallest absolute Gasteiger partial charge is 0.103 e. The van der Waals surface area contributed by atoms with Gasteiger partial charge in [0.05, 0.1) is 23.6 Å². The average Bonchev–Trinajstić information content (AvgIpc) is 2.83. The lowest BCUT2D eigenvalue weighted by molar-refractivity contribution is 0.277. The van der Waals surface area contributed by atoms with E-state index >= 15 is 0 Å². The zero-order chi connectivity index (χ0) is 13.2. The van der Waals surface area contributed by atoms with Crippen LogP contribution in [0.3, 0.4) is 0 Å². The number of hydrogen-bond acceptors (Lipinski definition) is 2. The summed E-state index contributed by atoms with van der Waals surface area (Å²) in [5, 5.41) is 4.42. The third-order valence-corrected chi connectivity index (χ3v) is 3.89. The highest BCUT2D eigenvalue weighted by Crippen LogP contribution is 2.23. The molecule has 2 aromatic rings. The molecule has 1 fully saturated rings. The number of aromatic nitrogens is 2. The average molecular weight is 261 g/mol. The summed E-state index contributed by atoms with van der Waals surface area (Å²) in [5.74, 6) is 0. The number of aryl methyl sites for hydroxylation is 1. The van der Waals surface area contributed by atoms with Gasteiger partial charge in [-0.1, -0.05) is 13.3 Å². The Labute approximate surface area is 113 Å². The first-order valence-electron chi connectivity index (χ1n) is 7.13. The number of nitrogens with zero attached hydrogens (tertiary/aromatic N) is 3. The van der Waals surface area contributed by atoms with Crippen LogP contribution in [0.1, 0.15) is 31.7 Å². The highest BCUT2D eigenvalue weighted by Gasteiger charge is 2.19. The summed E-state index contributed by atoms with van der Waals surface area (Å²) < 4.78 is 15.1. The van der Waals surface area contributed by atoms with Crippen LogP contribution in [0, 0.1) is 0 Å². The van der Waals surface area contributed by atoms with Crippen molar-refractivity contribution in [3.63, 3.8) is 0 Å². The van der Waals surface area contributed by atoms with Crippen molar-refractivity contribution in [2.75, 3.05) is 18.0 Å². The minimum absolute atomic E-state index is 0.624. The maximum absolute atomic E-state index is 13.2. The first-order chi connectivity index (χ1) is 9.28. The number of anilines is 1. The Morgan fingerprint density at radius 3 is 2.84 bits per heavy atom. The van der Waals surface area contributed by atoms with Gasteiger partial charge in [0.25, 0.3) is 0 Å². The molecule has 1 aliphatic rings. The minimum atomic E-state index is -0.624. The molecule has 0 unspecified atom stereocenters. The van der Waals surface area contributed by atoms with Crippen LogP contribution in [0.2, 0.25) is 0 Å². The van der Waals surface area contributed by atoms with E-state index in [-0.39, 0.29) is 0 Å². The highest BCUT2D eigenvalue weighted by atomic mass is 19.1. The highest BCUT2D eigenvalue weighted by molar-refractivity contribution is 5.59. The molecule has 0 atom stereocenters. The Bertz CT molecular complexity index is 556. The van der Waals surface area contributed by atoms with Gasteiger partial charge in [-0.05, 0) is 37.0 Å². The third kappa shape index (κ3) is 2.44. The lowest BCUT2D eigenvalue weighted by Crippen LogP contribution is -2.34. The summed E-state index contributed by atoms with van der Waals surface area (Å²) in [4.78, 5) is 2.25. The summed E-state index contributed by atoms with van der Waals surface area (Å²) in [6.45, 7) is 3.78. The van der Waals surface area contributed by atoms with Crippen LogP contribution in [0.25, 0.3) is 5.52 Å². The van der Waals surface area contributed by atoms with E-state index < -0.39 is 6.17 Å². The van der Waals surface area contributed by atoms with Crippen LogP contribution >= 0.6 is 0 Å². The number of hydrogen-bond donors (Lipinski definition) is 0. The van der Waals surface area contributed by atoms with Crippen molar-refractivity contribution in [1.82, 2.24) is 9.61 Å². The van der Waals surface area contributed by atoms with Crippen molar-refractivity contribution in [3.8, 4) is 0 Å².